The van der Waals surface area contributed by atoms with Gasteiger partial charge in [0, 0.05) is 12.5 Å². The predicted octanol–water partition coefficient (Wildman–Crippen LogP) is 5.89. The zero-order valence-corrected chi connectivity index (χ0v) is 15.8. The van der Waals surface area contributed by atoms with Crippen LogP contribution in [0, 0.1) is 0 Å². The summed E-state index contributed by atoms with van der Waals surface area (Å²) in [4.78, 5) is 0. The van der Waals surface area contributed by atoms with E-state index in [0.717, 1.165) is 24.3 Å². The molecular formula is C18H33ClN2O. The Balaban J connectivity index is 2.97. The summed E-state index contributed by atoms with van der Waals surface area (Å²) >= 11 is 6.45. The summed E-state index contributed by atoms with van der Waals surface area (Å²) < 4.78 is 7.36. The van der Waals surface area contributed by atoms with Gasteiger partial charge in [-0.2, -0.15) is 5.10 Å². The second kappa shape index (κ2) is 9.44. The molecule has 1 aromatic heterocycles. The Morgan fingerprint density at radius 1 is 1.05 bits per heavy atom. The van der Waals surface area contributed by atoms with Gasteiger partial charge < -0.3 is 4.74 Å². The molecule has 0 spiro atoms. The molecule has 1 rings (SSSR count). The van der Waals surface area contributed by atoms with Crippen LogP contribution < -0.4 is 4.74 Å². The van der Waals surface area contributed by atoms with Crippen LogP contribution in [0.3, 0.4) is 0 Å². The second-order valence-corrected chi connectivity index (χ2v) is 6.99. The molecule has 0 aromatic carbocycles. The summed E-state index contributed by atoms with van der Waals surface area (Å²) in [6.45, 7) is 6.83. The van der Waals surface area contributed by atoms with E-state index in [1.54, 1.807) is 11.8 Å². The van der Waals surface area contributed by atoms with Gasteiger partial charge in [0.15, 0.2) is 5.15 Å². The number of halogens is 1. The van der Waals surface area contributed by atoms with E-state index in [9.17, 15) is 0 Å². The molecule has 0 aliphatic rings. The van der Waals surface area contributed by atoms with Crippen molar-refractivity contribution in [3.05, 3.63) is 10.7 Å². The van der Waals surface area contributed by atoms with Gasteiger partial charge in [0.2, 0.25) is 5.88 Å². The van der Waals surface area contributed by atoms with E-state index in [0.29, 0.717) is 5.15 Å². The lowest BCUT2D eigenvalue weighted by Crippen LogP contribution is -2.23. The van der Waals surface area contributed by atoms with Crippen LogP contribution >= 0.6 is 11.6 Å². The van der Waals surface area contributed by atoms with Crippen LogP contribution in [-0.4, -0.2) is 16.9 Å². The maximum absolute atomic E-state index is 6.45. The van der Waals surface area contributed by atoms with Crippen molar-refractivity contribution in [1.82, 2.24) is 9.78 Å². The van der Waals surface area contributed by atoms with E-state index in [4.69, 9.17) is 16.3 Å². The quantitative estimate of drug-likeness (QED) is 0.473. The molecule has 1 aromatic rings. The number of nitrogens with zero attached hydrogens (tertiary/aromatic N) is 2. The fourth-order valence-electron chi connectivity index (χ4n) is 3.30. The SMILES string of the molecule is CCCCCCC(C)(CCCCC)c1c(Cl)nn(C)c1OC. The highest BCUT2D eigenvalue weighted by molar-refractivity contribution is 6.30. The van der Waals surface area contributed by atoms with Gasteiger partial charge in [-0.05, 0) is 12.8 Å². The van der Waals surface area contributed by atoms with Crippen molar-refractivity contribution >= 4 is 11.6 Å². The van der Waals surface area contributed by atoms with E-state index < -0.39 is 0 Å². The highest BCUT2D eigenvalue weighted by Gasteiger charge is 2.34. The van der Waals surface area contributed by atoms with E-state index in [2.05, 4.69) is 25.9 Å². The van der Waals surface area contributed by atoms with Crippen LogP contribution in [-0.2, 0) is 12.5 Å². The summed E-state index contributed by atoms with van der Waals surface area (Å²) in [5.41, 5.74) is 1.16. The number of unbranched alkanes of at least 4 members (excludes halogenated alkanes) is 5. The fourth-order valence-corrected chi connectivity index (χ4v) is 3.72. The van der Waals surface area contributed by atoms with Gasteiger partial charge in [-0.25, -0.2) is 4.68 Å². The molecule has 0 aliphatic carbocycles. The largest absolute Gasteiger partial charge is 0.481 e. The van der Waals surface area contributed by atoms with Crippen molar-refractivity contribution in [1.29, 1.82) is 0 Å². The molecule has 22 heavy (non-hydrogen) atoms. The maximum atomic E-state index is 6.45. The molecule has 0 radical (unpaired) electrons. The number of aromatic nitrogens is 2. The first kappa shape index (κ1) is 19.3. The maximum Gasteiger partial charge on any atom is 0.216 e. The molecule has 0 fully saturated rings. The van der Waals surface area contributed by atoms with Gasteiger partial charge in [0.05, 0.1) is 12.7 Å². The zero-order chi connectivity index (χ0) is 16.6. The highest BCUT2D eigenvalue weighted by atomic mass is 35.5. The minimum absolute atomic E-state index is 0.0552. The van der Waals surface area contributed by atoms with Gasteiger partial charge in [0.25, 0.3) is 0 Å². The third-order valence-electron chi connectivity index (χ3n) is 4.66. The molecular weight excluding hydrogens is 296 g/mol. The van der Waals surface area contributed by atoms with E-state index >= 15 is 0 Å². The van der Waals surface area contributed by atoms with Crippen molar-refractivity contribution in [3.63, 3.8) is 0 Å². The molecule has 128 valence electrons. The Morgan fingerprint density at radius 3 is 2.14 bits per heavy atom. The summed E-state index contributed by atoms with van der Waals surface area (Å²) in [6.07, 6.45) is 11.1. The molecule has 1 atom stereocenters. The Hall–Kier alpha value is -0.700. The molecule has 0 bridgehead atoms. The Morgan fingerprint density at radius 2 is 1.59 bits per heavy atom. The molecule has 0 saturated heterocycles. The molecule has 0 saturated carbocycles. The van der Waals surface area contributed by atoms with E-state index in [1.165, 1.54) is 44.9 Å². The van der Waals surface area contributed by atoms with Gasteiger partial charge in [0.1, 0.15) is 0 Å². The second-order valence-electron chi connectivity index (χ2n) is 6.63. The third-order valence-corrected chi connectivity index (χ3v) is 4.93. The fraction of sp³-hybridized carbons (Fsp3) is 0.833. The van der Waals surface area contributed by atoms with Crippen LogP contribution in [0.5, 0.6) is 5.88 Å². The van der Waals surface area contributed by atoms with Gasteiger partial charge in [-0.3, -0.25) is 0 Å². The first-order valence-corrected chi connectivity index (χ1v) is 9.15. The first-order valence-electron chi connectivity index (χ1n) is 8.77. The minimum atomic E-state index is 0.0552. The first-order chi connectivity index (χ1) is 10.5. The molecule has 1 heterocycles. The van der Waals surface area contributed by atoms with Crippen LogP contribution in [0.1, 0.15) is 84.1 Å². The lowest BCUT2D eigenvalue weighted by atomic mass is 9.75. The summed E-state index contributed by atoms with van der Waals surface area (Å²) in [6, 6.07) is 0. The normalized spacial score (nSPS) is 14.1. The summed E-state index contributed by atoms with van der Waals surface area (Å²) in [5.74, 6) is 0.819. The standard InChI is InChI=1S/C18H33ClN2O/c1-6-8-10-12-14-18(3,13-11-9-7-2)15-16(19)20-21(4)17(15)22-5/h6-14H2,1-5H3. The monoisotopic (exact) mass is 328 g/mol. The Labute approximate surface area is 141 Å². The zero-order valence-electron chi connectivity index (χ0n) is 15.0. The number of aryl methyl sites for hydroxylation is 1. The minimum Gasteiger partial charge on any atom is -0.481 e. The molecule has 0 aliphatic heterocycles. The molecule has 3 nitrogen and oxygen atoms in total. The summed E-state index contributed by atoms with van der Waals surface area (Å²) in [5, 5.41) is 4.98. The van der Waals surface area contributed by atoms with Crippen molar-refractivity contribution in [2.24, 2.45) is 7.05 Å². The lowest BCUT2D eigenvalue weighted by Gasteiger charge is -2.30. The molecule has 0 N–H and O–H groups in total. The Bertz CT molecular complexity index is 445. The number of rotatable bonds is 11. The van der Waals surface area contributed by atoms with Crippen LogP contribution in [0.2, 0.25) is 5.15 Å². The van der Waals surface area contributed by atoms with Crippen LogP contribution in [0.15, 0.2) is 0 Å². The number of hydrogen-bond acceptors (Lipinski definition) is 2. The van der Waals surface area contributed by atoms with Gasteiger partial charge in [-0.15, -0.1) is 0 Å². The lowest BCUT2D eigenvalue weighted by molar-refractivity contribution is 0.326. The van der Waals surface area contributed by atoms with Crippen molar-refractivity contribution in [2.45, 2.75) is 84.0 Å². The average Bonchev–Trinajstić information content (AvgIpc) is 2.78. The van der Waals surface area contributed by atoms with Gasteiger partial charge in [-0.1, -0.05) is 77.3 Å². The van der Waals surface area contributed by atoms with Crippen molar-refractivity contribution in [2.75, 3.05) is 7.11 Å². The highest BCUT2D eigenvalue weighted by Crippen LogP contribution is 2.43. The van der Waals surface area contributed by atoms with Crippen molar-refractivity contribution in [3.8, 4) is 5.88 Å². The average molecular weight is 329 g/mol. The van der Waals surface area contributed by atoms with Crippen molar-refractivity contribution < 1.29 is 4.74 Å². The summed E-state index contributed by atoms with van der Waals surface area (Å²) in [7, 11) is 3.61. The van der Waals surface area contributed by atoms with E-state index in [1.807, 2.05) is 7.05 Å². The molecule has 0 amide bonds. The van der Waals surface area contributed by atoms with Gasteiger partial charge >= 0.3 is 0 Å². The van der Waals surface area contributed by atoms with Crippen LogP contribution in [0.25, 0.3) is 0 Å². The topological polar surface area (TPSA) is 27.1 Å². The third kappa shape index (κ3) is 4.91. The molecule has 1 unspecified atom stereocenters. The number of hydrogen-bond donors (Lipinski definition) is 0. The number of ether oxygens (including phenoxy) is 1. The molecule has 4 heteroatoms. The number of methoxy groups -OCH3 is 1. The smallest absolute Gasteiger partial charge is 0.216 e. The van der Waals surface area contributed by atoms with E-state index in [-0.39, 0.29) is 5.41 Å². The Kier molecular flexibility index (Phi) is 8.30. The predicted molar refractivity (Wildman–Crippen MR) is 95.0 cm³/mol. The van der Waals surface area contributed by atoms with Crippen LogP contribution in [0.4, 0.5) is 0 Å².